The van der Waals surface area contributed by atoms with Crippen LogP contribution in [0.3, 0.4) is 0 Å². The Kier molecular flexibility index (Phi) is 5.07. The molecule has 1 spiro atoms. The molecule has 0 atom stereocenters. The fourth-order valence-electron chi connectivity index (χ4n) is 8.75. The highest BCUT2D eigenvalue weighted by atomic mass is 15.0. The maximum atomic E-state index is 4.82. The van der Waals surface area contributed by atoms with E-state index in [1.54, 1.807) is 0 Å². The first-order valence-electron chi connectivity index (χ1n) is 16.6. The number of pyridine rings is 1. The summed E-state index contributed by atoms with van der Waals surface area (Å²) in [5.74, 6) is 0. The molecule has 0 radical (unpaired) electrons. The SMILES string of the molecule is c1ccc2c(c1)-c1ccccc1C21c2cc3ccccc3cc2-c2ccc3cc(-c4ccc(-c5cn6ccccc6n5)cc4)ccc3c21. The van der Waals surface area contributed by atoms with Crippen LogP contribution >= 0.6 is 0 Å². The van der Waals surface area contributed by atoms with Gasteiger partial charge in [-0.1, -0.05) is 127 Å². The summed E-state index contributed by atoms with van der Waals surface area (Å²) in [6.45, 7) is 0. The van der Waals surface area contributed by atoms with Gasteiger partial charge in [-0.2, -0.15) is 0 Å². The number of benzene rings is 7. The van der Waals surface area contributed by atoms with Gasteiger partial charge in [0.05, 0.1) is 11.1 Å². The van der Waals surface area contributed by atoms with Crippen molar-refractivity contribution in [3.05, 3.63) is 192 Å². The predicted octanol–water partition coefficient (Wildman–Crippen LogP) is 11.3. The van der Waals surface area contributed by atoms with E-state index in [0.717, 1.165) is 16.9 Å². The Morgan fingerprint density at radius 2 is 1.10 bits per heavy atom. The number of imidazole rings is 1. The number of aromatic nitrogens is 2. The van der Waals surface area contributed by atoms with E-state index in [9.17, 15) is 0 Å². The lowest BCUT2D eigenvalue weighted by atomic mass is 9.69. The lowest BCUT2D eigenvalue weighted by Crippen LogP contribution is -2.26. The zero-order chi connectivity index (χ0) is 31.4. The molecular formula is C46H28N2. The van der Waals surface area contributed by atoms with Crippen LogP contribution in [0, 0.1) is 0 Å². The van der Waals surface area contributed by atoms with Crippen molar-refractivity contribution in [3.8, 4) is 44.6 Å². The molecule has 2 aliphatic rings. The van der Waals surface area contributed by atoms with Crippen molar-refractivity contribution >= 4 is 27.2 Å². The zero-order valence-electron chi connectivity index (χ0n) is 26.1. The van der Waals surface area contributed by atoms with Crippen molar-refractivity contribution in [3.63, 3.8) is 0 Å². The lowest BCUT2D eigenvalue weighted by Gasteiger charge is -2.31. The van der Waals surface area contributed by atoms with Crippen molar-refractivity contribution < 1.29 is 0 Å². The lowest BCUT2D eigenvalue weighted by molar-refractivity contribution is 0.802. The Labute approximate surface area is 278 Å². The number of hydrogen-bond acceptors (Lipinski definition) is 1. The van der Waals surface area contributed by atoms with Crippen LogP contribution in [0.2, 0.25) is 0 Å². The van der Waals surface area contributed by atoms with Gasteiger partial charge in [0, 0.05) is 18.0 Å². The Bertz CT molecular complexity index is 2700. The summed E-state index contributed by atoms with van der Waals surface area (Å²) in [5.41, 5.74) is 15.9. The molecule has 0 saturated heterocycles. The summed E-state index contributed by atoms with van der Waals surface area (Å²) in [4.78, 5) is 4.82. The fourth-order valence-corrected chi connectivity index (χ4v) is 8.75. The van der Waals surface area contributed by atoms with Crippen LogP contribution in [0.15, 0.2) is 170 Å². The summed E-state index contributed by atoms with van der Waals surface area (Å²) >= 11 is 0. The predicted molar refractivity (Wildman–Crippen MR) is 197 cm³/mol. The molecule has 2 heterocycles. The maximum absolute atomic E-state index is 4.82. The molecule has 0 saturated carbocycles. The smallest absolute Gasteiger partial charge is 0.137 e. The number of hydrogen-bond donors (Lipinski definition) is 0. The third kappa shape index (κ3) is 3.34. The molecule has 0 amide bonds. The first kappa shape index (κ1) is 25.9. The van der Waals surface area contributed by atoms with E-state index in [1.807, 2.05) is 24.4 Å². The van der Waals surface area contributed by atoms with E-state index in [4.69, 9.17) is 4.98 Å². The van der Waals surface area contributed by atoms with Crippen LogP contribution in [-0.4, -0.2) is 9.38 Å². The summed E-state index contributed by atoms with van der Waals surface area (Å²) in [7, 11) is 0. The normalized spacial score (nSPS) is 13.6. The maximum Gasteiger partial charge on any atom is 0.137 e. The molecule has 2 aromatic heterocycles. The van der Waals surface area contributed by atoms with Gasteiger partial charge in [-0.3, -0.25) is 0 Å². The first-order valence-corrected chi connectivity index (χ1v) is 16.6. The monoisotopic (exact) mass is 608 g/mol. The van der Waals surface area contributed by atoms with Gasteiger partial charge < -0.3 is 4.40 Å². The molecule has 11 rings (SSSR count). The zero-order valence-corrected chi connectivity index (χ0v) is 26.1. The molecule has 0 unspecified atom stereocenters. The van der Waals surface area contributed by atoms with Crippen molar-refractivity contribution in [2.24, 2.45) is 0 Å². The molecule has 2 aliphatic carbocycles. The standard InChI is InChI=1S/C46H28N2/c1-2-10-32-27-42-39(26-31(32)9-1)38-23-21-34-25-33(29-16-18-30(19-17-29)43-28-48-24-8-7-15-44(48)47-43)20-22-35(34)45(38)46(42)40-13-5-3-11-36(40)37-12-4-6-14-41(37)46/h1-28H. The highest BCUT2D eigenvalue weighted by molar-refractivity contribution is 6.06. The van der Waals surface area contributed by atoms with Crippen LogP contribution in [0.5, 0.6) is 0 Å². The Balaban J connectivity index is 1.13. The van der Waals surface area contributed by atoms with E-state index in [-0.39, 0.29) is 0 Å². The highest BCUT2D eigenvalue weighted by Crippen LogP contribution is 2.64. The van der Waals surface area contributed by atoms with Crippen molar-refractivity contribution in [1.82, 2.24) is 9.38 Å². The van der Waals surface area contributed by atoms with Gasteiger partial charge >= 0.3 is 0 Å². The third-order valence-electron chi connectivity index (χ3n) is 10.8. The van der Waals surface area contributed by atoms with Crippen LogP contribution < -0.4 is 0 Å². The molecule has 2 heteroatoms. The van der Waals surface area contributed by atoms with Crippen molar-refractivity contribution in [2.45, 2.75) is 5.41 Å². The van der Waals surface area contributed by atoms with Gasteiger partial charge in [-0.15, -0.1) is 0 Å². The average molecular weight is 609 g/mol. The first-order chi connectivity index (χ1) is 23.8. The molecule has 0 N–H and O–H groups in total. The Hall–Kier alpha value is -6.25. The largest absolute Gasteiger partial charge is 0.306 e. The van der Waals surface area contributed by atoms with Gasteiger partial charge in [0.2, 0.25) is 0 Å². The molecule has 9 aromatic rings. The second kappa shape index (κ2) is 9.40. The molecule has 0 aliphatic heterocycles. The van der Waals surface area contributed by atoms with E-state index < -0.39 is 5.41 Å². The van der Waals surface area contributed by atoms with Crippen molar-refractivity contribution in [1.29, 1.82) is 0 Å². The molecular weight excluding hydrogens is 581 g/mol. The third-order valence-corrected chi connectivity index (χ3v) is 10.8. The number of fused-ring (bicyclic) bond motifs is 14. The molecule has 48 heavy (non-hydrogen) atoms. The molecule has 222 valence electrons. The molecule has 0 fully saturated rings. The second-order valence-electron chi connectivity index (χ2n) is 13.2. The summed E-state index contributed by atoms with van der Waals surface area (Å²) in [6, 6.07) is 58.5. The minimum Gasteiger partial charge on any atom is -0.306 e. The number of rotatable bonds is 2. The molecule has 2 nitrogen and oxygen atoms in total. The average Bonchev–Trinajstić information content (AvgIpc) is 3.81. The van der Waals surface area contributed by atoms with Crippen LogP contribution in [0.25, 0.3) is 71.8 Å². The Morgan fingerprint density at radius 1 is 0.438 bits per heavy atom. The fraction of sp³-hybridized carbons (Fsp3) is 0.0217. The molecule has 0 bridgehead atoms. The summed E-state index contributed by atoms with van der Waals surface area (Å²) in [5, 5.41) is 5.13. The van der Waals surface area contributed by atoms with Gasteiger partial charge in [0.25, 0.3) is 0 Å². The highest BCUT2D eigenvalue weighted by Gasteiger charge is 2.52. The van der Waals surface area contributed by atoms with Gasteiger partial charge in [0.1, 0.15) is 5.65 Å². The molecule has 7 aromatic carbocycles. The number of nitrogens with zero attached hydrogens (tertiary/aromatic N) is 2. The second-order valence-corrected chi connectivity index (χ2v) is 13.2. The van der Waals surface area contributed by atoms with E-state index in [2.05, 4.69) is 150 Å². The van der Waals surface area contributed by atoms with Gasteiger partial charge in [-0.05, 0) is 108 Å². The van der Waals surface area contributed by atoms with Crippen LogP contribution in [0.4, 0.5) is 0 Å². The van der Waals surface area contributed by atoms with E-state index >= 15 is 0 Å². The van der Waals surface area contributed by atoms with Crippen LogP contribution in [0.1, 0.15) is 22.3 Å². The minimum absolute atomic E-state index is 0.390. The van der Waals surface area contributed by atoms with Crippen molar-refractivity contribution in [2.75, 3.05) is 0 Å². The quantitative estimate of drug-likeness (QED) is 0.191. The van der Waals surface area contributed by atoms with Crippen LogP contribution in [-0.2, 0) is 5.41 Å². The van der Waals surface area contributed by atoms with E-state index in [0.29, 0.717) is 0 Å². The minimum atomic E-state index is -0.390. The Morgan fingerprint density at radius 3 is 1.88 bits per heavy atom. The van der Waals surface area contributed by atoms with E-state index in [1.165, 1.54) is 77.2 Å². The summed E-state index contributed by atoms with van der Waals surface area (Å²) < 4.78 is 2.07. The van der Waals surface area contributed by atoms with Gasteiger partial charge in [0.15, 0.2) is 0 Å². The summed E-state index contributed by atoms with van der Waals surface area (Å²) in [6.07, 6.45) is 4.14. The van der Waals surface area contributed by atoms with Gasteiger partial charge in [-0.25, -0.2) is 4.98 Å². The topological polar surface area (TPSA) is 17.3 Å².